The minimum atomic E-state index is -0.319. The lowest BCUT2D eigenvalue weighted by Gasteiger charge is -2.37. The number of allylic oxidation sites excluding steroid dienone is 2. The van der Waals surface area contributed by atoms with E-state index in [1.807, 2.05) is 5.38 Å². The van der Waals surface area contributed by atoms with E-state index in [1.165, 1.54) is 4.88 Å². The van der Waals surface area contributed by atoms with Gasteiger partial charge in [-0.2, -0.15) is 5.01 Å². The quantitative estimate of drug-likeness (QED) is 0.654. The highest BCUT2D eigenvalue weighted by atomic mass is 32.1. The van der Waals surface area contributed by atoms with Crippen LogP contribution in [0.4, 0.5) is 0 Å². The first-order chi connectivity index (χ1) is 12.1. The molecule has 4 aliphatic carbocycles. The Balaban J connectivity index is 1.40. The third-order valence-corrected chi connectivity index (χ3v) is 7.37. The Morgan fingerprint density at radius 3 is 2.32 bits per heavy atom. The number of amides is 3. The van der Waals surface area contributed by atoms with Crippen molar-refractivity contribution in [2.75, 3.05) is 0 Å². The average Bonchev–Trinajstić information content (AvgIpc) is 3.19. The fourth-order valence-electron chi connectivity index (χ4n) is 5.03. The van der Waals surface area contributed by atoms with E-state index in [-0.39, 0.29) is 41.4 Å². The first-order valence-corrected chi connectivity index (χ1v) is 9.99. The number of carbonyl (C=O) groups excluding carboxylic acids is 3. The van der Waals surface area contributed by atoms with Crippen molar-refractivity contribution in [1.82, 2.24) is 10.4 Å². The minimum absolute atomic E-state index is 0.141. The van der Waals surface area contributed by atoms with E-state index in [2.05, 4.69) is 17.6 Å². The molecule has 2 bridgehead atoms. The summed E-state index contributed by atoms with van der Waals surface area (Å²) in [6.07, 6.45) is 10.3. The summed E-state index contributed by atoms with van der Waals surface area (Å²) in [6, 6.07) is 0. The van der Waals surface area contributed by atoms with E-state index in [0.717, 1.165) is 49.1 Å². The monoisotopic (exact) mass is 356 g/mol. The molecular formula is C19H20N2O3S. The van der Waals surface area contributed by atoms with Crippen LogP contribution in [0, 0.1) is 23.7 Å². The number of imide groups is 1. The molecule has 4 atom stereocenters. The van der Waals surface area contributed by atoms with Gasteiger partial charge >= 0.3 is 0 Å². The molecule has 25 heavy (non-hydrogen) atoms. The van der Waals surface area contributed by atoms with E-state index < -0.39 is 0 Å². The van der Waals surface area contributed by atoms with Gasteiger partial charge in [-0.05, 0) is 55.9 Å². The van der Waals surface area contributed by atoms with Gasteiger partial charge in [-0.15, -0.1) is 11.3 Å². The zero-order valence-corrected chi connectivity index (χ0v) is 14.7. The summed E-state index contributed by atoms with van der Waals surface area (Å²) in [4.78, 5) is 39.6. The zero-order valence-electron chi connectivity index (χ0n) is 13.9. The van der Waals surface area contributed by atoms with Crippen LogP contribution in [0.3, 0.4) is 0 Å². The number of fused-ring (bicyclic) bond motifs is 2. The van der Waals surface area contributed by atoms with Crippen LogP contribution in [-0.4, -0.2) is 22.7 Å². The molecule has 1 saturated carbocycles. The topological polar surface area (TPSA) is 66.5 Å². The van der Waals surface area contributed by atoms with Crippen molar-refractivity contribution >= 4 is 29.1 Å². The maximum absolute atomic E-state index is 12.8. The molecule has 130 valence electrons. The highest BCUT2D eigenvalue weighted by Gasteiger charge is 2.57. The summed E-state index contributed by atoms with van der Waals surface area (Å²) >= 11 is 1.61. The Labute approximate surface area is 150 Å². The second-order valence-corrected chi connectivity index (χ2v) is 8.52. The van der Waals surface area contributed by atoms with Crippen LogP contribution in [-0.2, 0) is 22.4 Å². The Morgan fingerprint density at radius 1 is 1.04 bits per heavy atom. The van der Waals surface area contributed by atoms with E-state index in [0.29, 0.717) is 5.56 Å². The number of aryl methyl sites for hydroxylation is 1. The molecule has 5 aliphatic rings. The van der Waals surface area contributed by atoms with Crippen LogP contribution in [0.2, 0.25) is 0 Å². The standard InChI is InChI=1S/C19H20N2O3S/c22-17(13-9-25-14-4-2-1-3-12(13)14)20-21-18(23)15-10-5-6-11(8-7-10)16(15)19(21)24/h5-6,9-11,15-16H,1-4,7-8H2,(H,20,22)/t10-,11-,15-,16-/m0/s1. The molecule has 0 aromatic carbocycles. The van der Waals surface area contributed by atoms with Gasteiger partial charge in [0.05, 0.1) is 17.4 Å². The third-order valence-electron chi connectivity index (χ3n) is 6.28. The van der Waals surface area contributed by atoms with Crippen LogP contribution in [0.5, 0.6) is 0 Å². The van der Waals surface area contributed by atoms with Gasteiger partial charge in [0, 0.05) is 10.3 Å². The molecule has 6 rings (SSSR count). The highest BCUT2D eigenvalue weighted by molar-refractivity contribution is 7.10. The van der Waals surface area contributed by atoms with Gasteiger partial charge in [-0.3, -0.25) is 19.8 Å². The van der Waals surface area contributed by atoms with E-state index in [4.69, 9.17) is 0 Å². The molecule has 0 radical (unpaired) electrons. The first kappa shape index (κ1) is 15.3. The molecule has 5 nitrogen and oxygen atoms in total. The molecule has 2 heterocycles. The lowest BCUT2D eigenvalue weighted by molar-refractivity contribution is -0.143. The largest absolute Gasteiger partial charge is 0.272 e. The Morgan fingerprint density at radius 2 is 1.68 bits per heavy atom. The van der Waals surface area contributed by atoms with Crippen molar-refractivity contribution in [3.05, 3.63) is 33.5 Å². The van der Waals surface area contributed by atoms with Crippen molar-refractivity contribution in [3.63, 3.8) is 0 Å². The molecule has 3 amide bonds. The molecule has 2 fully saturated rings. The number of hydrogen-bond acceptors (Lipinski definition) is 4. The lowest BCUT2D eigenvalue weighted by atomic mass is 9.63. The van der Waals surface area contributed by atoms with Crippen LogP contribution >= 0.6 is 11.3 Å². The molecular weight excluding hydrogens is 336 g/mol. The van der Waals surface area contributed by atoms with Crippen LogP contribution in [0.1, 0.15) is 46.5 Å². The molecule has 6 heteroatoms. The first-order valence-electron chi connectivity index (χ1n) is 9.11. The smallest absolute Gasteiger partial charge is 0.271 e. The molecule has 1 aliphatic heterocycles. The molecule has 1 N–H and O–H groups in total. The van der Waals surface area contributed by atoms with E-state index >= 15 is 0 Å². The number of hydrazine groups is 1. The summed E-state index contributed by atoms with van der Waals surface area (Å²) in [6.45, 7) is 0. The number of nitrogens with one attached hydrogen (secondary N) is 1. The van der Waals surface area contributed by atoms with Crippen molar-refractivity contribution in [2.24, 2.45) is 23.7 Å². The van der Waals surface area contributed by atoms with Crippen molar-refractivity contribution in [1.29, 1.82) is 0 Å². The maximum atomic E-state index is 12.8. The van der Waals surface area contributed by atoms with E-state index in [1.54, 1.807) is 11.3 Å². The maximum Gasteiger partial charge on any atom is 0.271 e. The van der Waals surface area contributed by atoms with Crippen LogP contribution in [0.25, 0.3) is 0 Å². The third kappa shape index (κ3) is 2.16. The summed E-state index contributed by atoms with van der Waals surface area (Å²) in [7, 11) is 0. The average molecular weight is 356 g/mol. The number of thiophene rings is 1. The Bertz CT molecular complexity index is 780. The fraction of sp³-hybridized carbons (Fsp3) is 0.526. The van der Waals surface area contributed by atoms with Gasteiger partial charge < -0.3 is 0 Å². The van der Waals surface area contributed by atoms with Crippen LogP contribution in [0.15, 0.2) is 17.5 Å². The van der Waals surface area contributed by atoms with Crippen molar-refractivity contribution in [3.8, 4) is 0 Å². The van der Waals surface area contributed by atoms with Crippen LogP contribution < -0.4 is 5.43 Å². The fourth-order valence-corrected chi connectivity index (χ4v) is 6.16. The number of rotatable bonds is 2. The van der Waals surface area contributed by atoms with Gasteiger partial charge in [0.2, 0.25) is 0 Å². The Kier molecular flexibility index (Phi) is 3.39. The lowest BCUT2D eigenvalue weighted by Crippen LogP contribution is -2.47. The van der Waals surface area contributed by atoms with Gasteiger partial charge in [0.15, 0.2) is 0 Å². The summed E-state index contributed by atoms with van der Waals surface area (Å²) in [5, 5.41) is 2.89. The molecule has 1 saturated heterocycles. The highest BCUT2D eigenvalue weighted by Crippen LogP contribution is 2.49. The molecule has 1 aromatic rings. The SMILES string of the molecule is O=C(NN1C(=O)[C@@H]2[C@@H](C1=O)[C@H]1C=C[C@H]2CC1)c1csc2c1CCCC2. The second kappa shape index (κ2) is 5.53. The number of hydrogen-bond donors (Lipinski definition) is 1. The normalized spacial score (nSPS) is 32.7. The van der Waals surface area contributed by atoms with Crippen molar-refractivity contribution < 1.29 is 14.4 Å². The number of carbonyl (C=O) groups is 3. The van der Waals surface area contributed by atoms with E-state index in [9.17, 15) is 14.4 Å². The summed E-state index contributed by atoms with van der Waals surface area (Å²) in [5.74, 6) is -1.07. The summed E-state index contributed by atoms with van der Waals surface area (Å²) in [5.41, 5.74) is 4.37. The molecule has 1 aromatic heterocycles. The Hall–Kier alpha value is -1.95. The van der Waals surface area contributed by atoms with Gasteiger partial charge in [0.1, 0.15) is 0 Å². The number of nitrogens with zero attached hydrogens (tertiary/aromatic N) is 1. The second-order valence-electron chi connectivity index (χ2n) is 7.55. The predicted octanol–water partition coefficient (Wildman–Crippen LogP) is 2.47. The predicted molar refractivity (Wildman–Crippen MR) is 92.6 cm³/mol. The summed E-state index contributed by atoms with van der Waals surface area (Å²) < 4.78 is 0. The minimum Gasteiger partial charge on any atom is -0.272 e. The molecule has 0 spiro atoms. The van der Waals surface area contributed by atoms with Gasteiger partial charge in [-0.1, -0.05) is 12.2 Å². The van der Waals surface area contributed by atoms with Crippen molar-refractivity contribution in [2.45, 2.75) is 38.5 Å². The zero-order chi connectivity index (χ0) is 17.1. The van der Waals surface area contributed by atoms with Gasteiger partial charge in [0.25, 0.3) is 17.7 Å². The van der Waals surface area contributed by atoms with Gasteiger partial charge in [-0.25, -0.2) is 0 Å². The molecule has 0 unspecified atom stereocenters.